The van der Waals surface area contributed by atoms with Gasteiger partial charge in [-0.1, -0.05) is 19.8 Å². The Balaban J connectivity index is 1.49. The first kappa shape index (κ1) is 18.3. The summed E-state index contributed by atoms with van der Waals surface area (Å²) in [6, 6.07) is 2.21. The predicted molar refractivity (Wildman–Crippen MR) is 105 cm³/mol. The molecule has 0 aromatic carbocycles. The van der Waals surface area contributed by atoms with E-state index in [0.29, 0.717) is 34.4 Å². The third kappa shape index (κ3) is 4.39. The number of amides is 1. The van der Waals surface area contributed by atoms with Gasteiger partial charge in [0, 0.05) is 19.0 Å². The third-order valence-corrected chi connectivity index (χ3v) is 6.31. The molecule has 1 fully saturated rings. The third-order valence-electron chi connectivity index (χ3n) is 5.08. The number of carbonyl (C=O) groups excluding carboxylic acids is 1. The molecule has 0 spiro atoms. The van der Waals surface area contributed by atoms with Crippen LogP contribution in [0.5, 0.6) is 0 Å². The molecule has 0 bridgehead atoms. The van der Waals surface area contributed by atoms with Gasteiger partial charge in [-0.25, -0.2) is 0 Å². The molecule has 0 radical (unpaired) electrons. The molecule has 2 aromatic heterocycles. The number of fused-ring (bicyclic) bond motifs is 1. The van der Waals surface area contributed by atoms with Crippen LogP contribution in [0.3, 0.4) is 0 Å². The lowest BCUT2D eigenvalue weighted by atomic mass is 9.86. The molecule has 2 atom stereocenters. The number of H-pyrrole nitrogens is 1. The Morgan fingerprint density at radius 2 is 2.20 bits per heavy atom. The highest BCUT2D eigenvalue weighted by molar-refractivity contribution is 7.71. The van der Waals surface area contributed by atoms with Gasteiger partial charge in [0.1, 0.15) is 4.70 Å². The average Bonchev–Trinajstić information content (AvgIpc) is 3.04. The van der Waals surface area contributed by atoms with Crippen molar-refractivity contribution in [1.82, 2.24) is 14.9 Å². The minimum Gasteiger partial charge on any atom is -0.353 e. The van der Waals surface area contributed by atoms with E-state index in [4.69, 9.17) is 12.2 Å². The summed E-state index contributed by atoms with van der Waals surface area (Å²) in [5.74, 6) is 0.706. The number of hydrogen-bond acceptors (Lipinski definition) is 4. The summed E-state index contributed by atoms with van der Waals surface area (Å²) < 4.78 is 2.77. The first-order valence-electron chi connectivity index (χ1n) is 9.06. The zero-order chi connectivity index (χ0) is 17.8. The van der Waals surface area contributed by atoms with Gasteiger partial charge in [-0.05, 0) is 55.3 Å². The summed E-state index contributed by atoms with van der Waals surface area (Å²) in [7, 11) is 0. The minimum atomic E-state index is -0.0331. The Bertz CT molecular complexity index is 852. The van der Waals surface area contributed by atoms with Gasteiger partial charge in [0.25, 0.3) is 5.56 Å². The van der Waals surface area contributed by atoms with Crippen LogP contribution in [-0.4, -0.2) is 21.5 Å². The molecule has 2 aromatic rings. The molecule has 1 aliphatic carbocycles. The zero-order valence-corrected chi connectivity index (χ0v) is 16.2. The molecular weight excluding hydrogens is 354 g/mol. The van der Waals surface area contributed by atoms with Crippen molar-refractivity contribution < 1.29 is 4.79 Å². The number of carbonyl (C=O) groups is 1. The molecule has 0 saturated heterocycles. The van der Waals surface area contributed by atoms with Gasteiger partial charge in [0.05, 0.1) is 5.52 Å². The maximum absolute atomic E-state index is 12.4. The number of hydrogen-bond donors (Lipinski definition) is 2. The SMILES string of the molecule is C[C@H]1CCCC[C@@H]1NC(=O)CCCCn1c(=S)[nH]c2ccsc2c1=O. The van der Waals surface area contributed by atoms with Gasteiger partial charge in [0.2, 0.25) is 5.91 Å². The van der Waals surface area contributed by atoms with Gasteiger partial charge >= 0.3 is 0 Å². The number of rotatable bonds is 6. The highest BCUT2D eigenvalue weighted by atomic mass is 32.1. The quantitative estimate of drug-likeness (QED) is 0.589. The molecule has 5 nitrogen and oxygen atoms in total. The van der Waals surface area contributed by atoms with E-state index < -0.39 is 0 Å². The molecule has 7 heteroatoms. The normalized spacial score (nSPS) is 20.7. The van der Waals surface area contributed by atoms with Crippen LogP contribution in [0.1, 0.15) is 51.9 Å². The second kappa shape index (κ2) is 8.27. The van der Waals surface area contributed by atoms with Crippen molar-refractivity contribution in [3.05, 3.63) is 26.6 Å². The standard InChI is InChI=1S/C18H25N3O2S2/c1-12-6-2-3-7-13(12)19-15(22)8-4-5-10-21-17(23)16-14(9-11-25-16)20-18(21)24/h9,11-13H,2-8,10H2,1H3,(H,19,22)(H,20,24)/t12-,13-/m0/s1. The lowest BCUT2D eigenvalue weighted by Crippen LogP contribution is -2.40. The van der Waals surface area contributed by atoms with Crippen LogP contribution in [0.2, 0.25) is 0 Å². The molecular formula is C18H25N3O2S2. The second-order valence-electron chi connectivity index (χ2n) is 6.94. The van der Waals surface area contributed by atoms with Gasteiger partial charge in [-0.15, -0.1) is 11.3 Å². The van der Waals surface area contributed by atoms with Crippen LogP contribution < -0.4 is 10.9 Å². The monoisotopic (exact) mass is 379 g/mol. The van der Waals surface area contributed by atoms with Gasteiger partial charge in [0.15, 0.2) is 4.77 Å². The van der Waals surface area contributed by atoms with Crippen molar-refractivity contribution >= 4 is 39.7 Å². The molecule has 0 aliphatic heterocycles. The summed E-state index contributed by atoms with van der Waals surface area (Å²) in [6.07, 6.45) is 6.82. The van der Waals surface area contributed by atoms with Gasteiger partial charge in [-0.3, -0.25) is 14.2 Å². The van der Waals surface area contributed by atoms with Gasteiger partial charge < -0.3 is 10.3 Å². The summed E-state index contributed by atoms with van der Waals surface area (Å²) >= 11 is 6.71. The molecule has 2 heterocycles. The van der Waals surface area contributed by atoms with Crippen LogP contribution in [0.15, 0.2) is 16.2 Å². The van der Waals surface area contributed by atoms with E-state index in [0.717, 1.165) is 24.8 Å². The molecule has 2 N–H and O–H groups in total. The van der Waals surface area contributed by atoms with Crippen LogP contribution in [-0.2, 0) is 11.3 Å². The Morgan fingerprint density at radius 3 is 3.00 bits per heavy atom. The molecule has 1 aliphatic rings. The van der Waals surface area contributed by atoms with Crippen LogP contribution >= 0.6 is 23.6 Å². The lowest BCUT2D eigenvalue weighted by molar-refractivity contribution is -0.122. The van der Waals surface area contributed by atoms with Crippen LogP contribution in [0, 0.1) is 10.7 Å². The van der Waals surface area contributed by atoms with E-state index >= 15 is 0 Å². The first-order valence-corrected chi connectivity index (χ1v) is 10.3. The van der Waals surface area contributed by atoms with Crippen molar-refractivity contribution in [1.29, 1.82) is 0 Å². The number of nitrogens with zero attached hydrogens (tertiary/aromatic N) is 1. The molecule has 3 rings (SSSR count). The Hall–Kier alpha value is -1.47. The topological polar surface area (TPSA) is 66.9 Å². The van der Waals surface area contributed by atoms with E-state index in [-0.39, 0.29) is 11.5 Å². The maximum Gasteiger partial charge on any atom is 0.272 e. The summed E-state index contributed by atoms with van der Waals surface area (Å²) in [5, 5.41) is 5.07. The largest absolute Gasteiger partial charge is 0.353 e. The van der Waals surface area contributed by atoms with E-state index in [1.165, 1.54) is 30.6 Å². The van der Waals surface area contributed by atoms with E-state index in [1.54, 1.807) is 4.57 Å². The van der Waals surface area contributed by atoms with Crippen LogP contribution in [0.25, 0.3) is 10.2 Å². The molecule has 1 saturated carbocycles. The highest BCUT2D eigenvalue weighted by Gasteiger charge is 2.22. The van der Waals surface area contributed by atoms with Crippen molar-refractivity contribution in [3.63, 3.8) is 0 Å². The Labute approximate surface area is 156 Å². The van der Waals surface area contributed by atoms with Gasteiger partial charge in [-0.2, -0.15) is 0 Å². The fourth-order valence-electron chi connectivity index (χ4n) is 3.54. The van der Waals surface area contributed by atoms with Crippen molar-refractivity contribution in [2.24, 2.45) is 5.92 Å². The minimum absolute atomic E-state index is 0.0331. The van der Waals surface area contributed by atoms with Crippen molar-refractivity contribution in [3.8, 4) is 0 Å². The molecule has 0 unspecified atom stereocenters. The van der Waals surface area contributed by atoms with Crippen molar-refractivity contribution in [2.75, 3.05) is 0 Å². The number of unbranched alkanes of at least 4 members (excludes halogenated alkanes) is 1. The Kier molecular flexibility index (Phi) is 6.06. The number of nitrogens with one attached hydrogen (secondary N) is 2. The van der Waals surface area contributed by atoms with Crippen LogP contribution in [0.4, 0.5) is 0 Å². The lowest BCUT2D eigenvalue weighted by Gasteiger charge is -2.29. The molecule has 1 amide bonds. The zero-order valence-electron chi connectivity index (χ0n) is 14.5. The maximum atomic E-state index is 12.4. The van der Waals surface area contributed by atoms with E-state index in [9.17, 15) is 9.59 Å². The van der Waals surface area contributed by atoms with E-state index in [1.807, 2.05) is 11.4 Å². The summed E-state index contributed by atoms with van der Waals surface area (Å²) in [4.78, 5) is 27.7. The fraction of sp³-hybridized carbons (Fsp3) is 0.611. The highest BCUT2D eigenvalue weighted by Crippen LogP contribution is 2.23. The molecule has 136 valence electrons. The van der Waals surface area contributed by atoms with Crippen molar-refractivity contribution in [2.45, 2.75) is 64.5 Å². The second-order valence-corrected chi connectivity index (χ2v) is 8.25. The average molecular weight is 380 g/mol. The Morgan fingerprint density at radius 1 is 1.40 bits per heavy atom. The number of aromatic nitrogens is 2. The predicted octanol–water partition coefficient (Wildman–Crippen LogP) is 3.99. The number of thiophene rings is 1. The molecule has 25 heavy (non-hydrogen) atoms. The fourth-order valence-corrected chi connectivity index (χ4v) is 4.62. The first-order chi connectivity index (χ1) is 12.1. The number of aromatic amines is 1. The summed E-state index contributed by atoms with van der Waals surface area (Å²) in [6.45, 7) is 2.77. The smallest absolute Gasteiger partial charge is 0.272 e. The summed E-state index contributed by atoms with van der Waals surface area (Å²) in [5.41, 5.74) is 0.770. The van der Waals surface area contributed by atoms with E-state index in [2.05, 4.69) is 17.2 Å².